The Labute approximate surface area is 123 Å². The second-order valence-electron chi connectivity index (χ2n) is 5.12. The number of aryl methyl sites for hydroxylation is 2. The lowest BCUT2D eigenvalue weighted by atomic mass is 9.98. The predicted molar refractivity (Wildman–Crippen MR) is 82.4 cm³/mol. The fraction of sp³-hybridized carbons (Fsp3) is 0.250. The van der Waals surface area contributed by atoms with Gasteiger partial charge in [0.15, 0.2) is 0 Å². The smallest absolute Gasteiger partial charge is 0.0569 e. The lowest BCUT2D eigenvalue weighted by molar-refractivity contribution is 0.821. The van der Waals surface area contributed by atoms with Gasteiger partial charge in [0.2, 0.25) is 0 Å². The minimum atomic E-state index is 0.236. The first-order valence-electron chi connectivity index (χ1n) is 6.37. The van der Waals surface area contributed by atoms with Crippen LogP contribution in [-0.4, -0.2) is 0 Å². The number of hydrogen-bond acceptors (Lipinski definition) is 1. The summed E-state index contributed by atoms with van der Waals surface area (Å²) in [7, 11) is 0. The molecule has 0 fully saturated rings. The molecule has 0 spiro atoms. The van der Waals surface area contributed by atoms with E-state index in [2.05, 4.69) is 31.3 Å². The number of anilines is 1. The van der Waals surface area contributed by atoms with Crippen LogP contribution in [0.3, 0.4) is 0 Å². The van der Waals surface area contributed by atoms with Crippen LogP contribution in [0, 0.1) is 13.8 Å². The normalized spacial score (nSPS) is 17.2. The second kappa shape index (κ2) is 4.73. The SMILES string of the molecule is Cc1ccc(C)c2c1CC(c1ccc(Cl)cc1Cl)N2. The number of halogens is 2. The monoisotopic (exact) mass is 291 g/mol. The molecule has 2 aromatic rings. The number of fused-ring (bicyclic) bond motifs is 1. The Kier molecular flexibility index (Phi) is 3.20. The van der Waals surface area contributed by atoms with Crippen LogP contribution in [0.15, 0.2) is 30.3 Å². The van der Waals surface area contributed by atoms with Gasteiger partial charge in [-0.2, -0.15) is 0 Å². The fourth-order valence-corrected chi connectivity index (χ4v) is 3.27. The van der Waals surface area contributed by atoms with Crippen molar-refractivity contribution in [3.63, 3.8) is 0 Å². The van der Waals surface area contributed by atoms with E-state index < -0.39 is 0 Å². The van der Waals surface area contributed by atoms with Crippen LogP contribution in [0.2, 0.25) is 10.0 Å². The van der Waals surface area contributed by atoms with Crippen LogP contribution in [0.1, 0.15) is 28.3 Å². The van der Waals surface area contributed by atoms with Crippen molar-refractivity contribution in [2.45, 2.75) is 26.3 Å². The van der Waals surface area contributed by atoms with E-state index in [0.29, 0.717) is 5.02 Å². The molecule has 1 unspecified atom stereocenters. The second-order valence-corrected chi connectivity index (χ2v) is 5.96. The van der Waals surface area contributed by atoms with Gasteiger partial charge in [-0.15, -0.1) is 0 Å². The summed E-state index contributed by atoms with van der Waals surface area (Å²) in [5, 5.41) is 5.00. The summed E-state index contributed by atoms with van der Waals surface area (Å²) in [6.07, 6.45) is 0.976. The molecule has 1 heterocycles. The number of nitrogens with one attached hydrogen (secondary N) is 1. The first-order valence-corrected chi connectivity index (χ1v) is 7.12. The molecule has 2 aromatic carbocycles. The summed E-state index contributed by atoms with van der Waals surface area (Å²) in [6.45, 7) is 4.29. The van der Waals surface area contributed by atoms with E-state index in [1.54, 1.807) is 0 Å². The van der Waals surface area contributed by atoms with Crippen LogP contribution < -0.4 is 5.32 Å². The summed E-state index contributed by atoms with van der Waals surface area (Å²) in [4.78, 5) is 0. The quantitative estimate of drug-likeness (QED) is 0.750. The third-order valence-electron chi connectivity index (χ3n) is 3.82. The maximum absolute atomic E-state index is 6.31. The highest BCUT2D eigenvalue weighted by atomic mass is 35.5. The molecule has 1 aliphatic heterocycles. The van der Waals surface area contributed by atoms with Gasteiger partial charge < -0.3 is 5.32 Å². The standard InChI is InChI=1S/C16H15Cl2N/c1-9-3-4-10(2)16-13(9)8-15(19-16)12-6-5-11(17)7-14(12)18/h3-7,15,19H,8H2,1-2H3. The zero-order valence-electron chi connectivity index (χ0n) is 10.9. The summed E-state index contributed by atoms with van der Waals surface area (Å²) in [5.74, 6) is 0. The van der Waals surface area contributed by atoms with E-state index >= 15 is 0 Å². The molecule has 0 aliphatic carbocycles. The molecule has 3 heteroatoms. The predicted octanol–water partition coefficient (Wildman–Crippen LogP) is 5.32. The average Bonchev–Trinajstić information content (AvgIpc) is 2.80. The lowest BCUT2D eigenvalue weighted by Gasteiger charge is -2.14. The van der Waals surface area contributed by atoms with Gasteiger partial charge >= 0.3 is 0 Å². The van der Waals surface area contributed by atoms with Gasteiger partial charge in [0, 0.05) is 15.7 Å². The van der Waals surface area contributed by atoms with E-state index in [1.165, 1.54) is 22.4 Å². The van der Waals surface area contributed by atoms with Crippen molar-refractivity contribution in [1.29, 1.82) is 0 Å². The van der Waals surface area contributed by atoms with Crippen molar-refractivity contribution in [3.8, 4) is 0 Å². The van der Waals surface area contributed by atoms with E-state index in [1.807, 2.05) is 18.2 Å². The number of hydrogen-bond donors (Lipinski definition) is 1. The largest absolute Gasteiger partial charge is 0.377 e. The third-order valence-corrected chi connectivity index (χ3v) is 4.38. The summed E-state index contributed by atoms with van der Waals surface area (Å²) >= 11 is 12.3. The molecule has 0 amide bonds. The van der Waals surface area contributed by atoms with Crippen molar-refractivity contribution in [2.75, 3.05) is 5.32 Å². The highest BCUT2D eigenvalue weighted by Crippen LogP contribution is 2.40. The number of benzene rings is 2. The molecule has 0 aromatic heterocycles. The van der Waals surface area contributed by atoms with E-state index in [0.717, 1.165) is 17.0 Å². The minimum Gasteiger partial charge on any atom is -0.377 e. The summed E-state index contributed by atoms with van der Waals surface area (Å²) < 4.78 is 0. The molecule has 0 radical (unpaired) electrons. The van der Waals surface area contributed by atoms with Crippen LogP contribution in [-0.2, 0) is 6.42 Å². The van der Waals surface area contributed by atoms with E-state index in [4.69, 9.17) is 23.2 Å². The van der Waals surface area contributed by atoms with Gasteiger partial charge in [-0.3, -0.25) is 0 Å². The van der Waals surface area contributed by atoms with Gasteiger partial charge in [0.25, 0.3) is 0 Å². The Balaban J connectivity index is 2.00. The molecule has 1 nitrogen and oxygen atoms in total. The van der Waals surface area contributed by atoms with Crippen LogP contribution in [0.5, 0.6) is 0 Å². The van der Waals surface area contributed by atoms with Crippen LogP contribution in [0.25, 0.3) is 0 Å². The van der Waals surface area contributed by atoms with E-state index in [-0.39, 0.29) is 6.04 Å². The maximum Gasteiger partial charge on any atom is 0.0569 e. The van der Waals surface area contributed by atoms with Crippen molar-refractivity contribution < 1.29 is 0 Å². The van der Waals surface area contributed by atoms with Crippen molar-refractivity contribution in [1.82, 2.24) is 0 Å². The molecule has 1 N–H and O–H groups in total. The van der Waals surface area contributed by atoms with Crippen LogP contribution in [0.4, 0.5) is 5.69 Å². The van der Waals surface area contributed by atoms with Gasteiger partial charge in [0.05, 0.1) is 6.04 Å². The molecule has 98 valence electrons. The van der Waals surface area contributed by atoms with E-state index in [9.17, 15) is 0 Å². The van der Waals surface area contributed by atoms with Gasteiger partial charge in [-0.05, 0) is 54.7 Å². The highest BCUT2D eigenvalue weighted by molar-refractivity contribution is 6.35. The Morgan fingerprint density at radius 1 is 1.05 bits per heavy atom. The van der Waals surface area contributed by atoms with Crippen molar-refractivity contribution >= 4 is 28.9 Å². The van der Waals surface area contributed by atoms with Crippen molar-refractivity contribution in [2.24, 2.45) is 0 Å². The molecular weight excluding hydrogens is 277 g/mol. The summed E-state index contributed by atoms with van der Waals surface area (Å²) in [5.41, 5.74) is 6.39. The van der Waals surface area contributed by atoms with Gasteiger partial charge in [0.1, 0.15) is 0 Å². The number of rotatable bonds is 1. The zero-order chi connectivity index (χ0) is 13.6. The topological polar surface area (TPSA) is 12.0 Å². The Bertz CT molecular complexity index is 618. The Hall–Kier alpha value is -1.18. The molecule has 1 atom stereocenters. The molecular formula is C16H15Cl2N. The van der Waals surface area contributed by atoms with Crippen molar-refractivity contribution in [3.05, 3.63) is 62.6 Å². The molecule has 0 bridgehead atoms. The maximum atomic E-state index is 6.31. The summed E-state index contributed by atoms with van der Waals surface area (Å²) in [6, 6.07) is 10.3. The molecule has 0 saturated carbocycles. The Morgan fingerprint density at radius 2 is 1.79 bits per heavy atom. The van der Waals surface area contributed by atoms with Gasteiger partial charge in [-0.1, -0.05) is 41.4 Å². The van der Waals surface area contributed by atoms with Crippen LogP contribution >= 0.6 is 23.2 Å². The molecule has 0 saturated heterocycles. The molecule has 3 rings (SSSR count). The first kappa shape index (κ1) is 12.8. The highest BCUT2D eigenvalue weighted by Gasteiger charge is 2.26. The molecule has 1 aliphatic rings. The lowest BCUT2D eigenvalue weighted by Crippen LogP contribution is -2.06. The average molecular weight is 292 g/mol. The first-order chi connectivity index (χ1) is 9.06. The Morgan fingerprint density at radius 3 is 2.47 bits per heavy atom. The molecule has 19 heavy (non-hydrogen) atoms. The third kappa shape index (κ3) is 2.22. The fourth-order valence-electron chi connectivity index (χ4n) is 2.73. The van der Waals surface area contributed by atoms with Gasteiger partial charge in [-0.25, -0.2) is 0 Å². The minimum absolute atomic E-state index is 0.236. The zero-order valence-corrected chi connectivity index (χ0v) is 12.4.